The second-order valence-corrected chi connectivity index (χ2v) is 6.77. The minimum Gasteiger partial charge on any atom is -0.361 e. The normalized spacial score (nSPS) is 10.7. The predicted octanol–water partition coefficient (Wildman–Crippen LogP) is 3.88. The van der Waals surface area contributed by atoms with Crippen LogP contribution in [-0.4, -0.2) is 40.4 Å². The number of amides is 1. The zero-order chi connectivity index (χ0) is 17.5. The number of nitrogens with zero attached hydrogens (tertiary/aromatic N) is 3. The van der Waals surface area contributed by atoms with Gasteiger partial charge < -0.3 is 10.2 Å². The average Bonchev–Trinajstić information content (AvgIpc) is 3.10. The summed E-state index contributed by atoms with van der Waals surface area (Å²) in [5, 5.41) is 5.23. The molecule has 130 valence electrons. The molecule has 0 aliphatic heterocycles. The molecular weight excluding hydrogens is 320 g/mol. The monoisotopic (exact) mass is 346 g/mol. The summed E-state index contributed by atoms with van der Waals surface area (Å²) in [6, 6.07) is 4.00. The molecule has 5 nitrogen and oxygen atoms in total. The molecule has 0 aliphatic carbocycles. The lowest BCUT2D eigenvalue weighted by Gasteiger charge is -2.22. The van der Waals surface area contributed by atoms with Gasteiger partial charge in [-0.05, 0) is 38.1 Å². The summed E-state index contributed by atoms with van der Waals surface area (Å²) in [5.74, 6) is 1.57. The molecule has 0 unspecified atom stereocenters. The molecule has 0 saturated heterocycles. The molecule has 0 radical (unpaired) electrons. The zero-order valence-electron chi connectivity index (χ0n) is 14.9. The molecule has 2 aromatic rings. The summed E-state index contributed by atoms with van der Waals surface area (Å²) in [6.07, 6.45) is 1.94. The van der Waals surface area contributed by atoms with E-state index in [-0.39, 0.29) is 12.5 Å². The molecule has 2 rings (SSSR count). The van der Waals surface area contributed by atoms with Crippen LogP contribution in [0.25, 0.3) is 10.7 Å². The van der Waals surface area contributed by atoms with Crippen molar-refractivity contribution < 1.29 is 4.79 Å². The van der Waals surface area contributed by atoms with Crippen molar-refractivity contribution in [2.45, 2.75) is 40.5 Å². The summed E-state index contributed by atoms with van der Waals surface area (Å²) >= 11 is 1.61. The van der Waals surface area contributed by atoms with Crippen LogP contribution in [0.2, 0.25) is 0 Å². The average molecular weight is 347 g/mol. The Morgan fingerprint density at radius 2 is 1.92 bits per heavy atom. The van der Waals surface area contributed by atoms with Gasteiger partial charge in [0.05, 0.1) is 11.4 Å². The highest BCUT2D eigenvalue weighted by atomic mass is 32.1. The molecule has 1 amide bonds. The Balaban J connectivity index is 2.13. The predicted molar refractivity (Wildman–Crippen MR) is 100 cm³/mol. The summed E-state index contributed by atoms with van der Waals surface area (Å²) in [7, 11) is 0. The number of carbonyl (C=O) groups excluding carboxylic acids is 1. The first kappa shape index (κ1) is 18.4. The van der Waals surface area contributed by atoms with Crippen molar-refractivity contribution in [3.05, 3.63) is 28.8 Å². The molecule has 0 saturated carbocycles. The molecule has 24 heavy (non-hydrogen) atoms. The highest BCUT2D eigenvalue weighted by molar-refractivity contribution is 7.13. The first-order valence-corrected chi connectivity index (χ1v) is 9.35. The van der Waals surface area contributed by atoms with Gasteiger partial charge in [-0.25, -0.2) is 9.97 Å². The Kier molecular flexibility index (Phi) is 6.73. The minimum absolute atomic E-state index is 0.118. The van der Waals surface area contributed by atoms with Crippen molar-refractivity contribution in [1.29, 1.82) is 0 Å². The van der Waals surface area contributed by atoms with Crippen LogP contribution >= 0.6 is 11.3 Å². The van der Waals surface area contributed by atoms with E-state index in [0.29, 0.717) is 5.82 Å². The maximum absolute atomic E-state index is 12.4. The number of rotatable bonds is 8. The highest BCUT2D eigenvalue weighted by Gasteiger charge is 2.14. The maximum Gasteiger partial charge on any atom is 0.241 e. The van der Waals surface area contributed by atoms with Crippen LogP contribution in [0.1, 0.15) is 37.9 Å². The fraction of sp³-hybridized carbons (Fsp3) is 0.500. The van der Waals surface area contributed by atoms with E-state index in [1.54, 1.807) is 11.3 Å². The Hall–Kier alpha value is -1.95. The van der Waals surface area contributed by atoms with Crippen molar-refractivity contribution in [1.82, 2.24) is 14.9 Å². The fourth-order valence-electron chi connectivity index (χ4n) is 2.49. The number of thiophene rings is 1. The third-order valence-corrected chi connectivity index (χ3v) is 4.74. The summed E-state index contributed by atoms with van der Waals surface area (Å²) in [6.45, 7) is 10.0. The third-order valence-electron chi connectivity index (χ3n) is 3.88. The van der Waals surface area contributed by atoms with Crippen LogP contribution in [-0.2, 0) is 4.79 Å². The SMILES string of the molecule is CCCN(CCC)C(=O)CNc1nc(-c2cccs2)nc(C)c1C. The fourth-order valence-corrected chi connectivity index (χ4v) is 3.15. The molecule has 0 aliphatic rings. The number of hydrogen-bond donors (Lipinski definition) is 1. The van der Waals surface area contributed by atoms with Gasteiger partial charge >= 0.3 is 0 Å². The summed E-state index contributed by atoms with van der Waals surface area (Å²) in [4.78, 5) is 24.6. The number of nitrogens with one attached hydrogen (secondary N) is 1. The number of aryl methyl sites for hydroxylation is 1. The van der Waals surface area contributed by atoms with E-state index < -0.39 is 0 Å². The second kappa shape index (κ2) is 8.78. The lowest BCUT2D eigenvalue weighted by atomic mass is 10.2. The van der Waals surface area contributed by atoms with Gasteiger partial charge in [-0.15, -0.1) is 11.3 Å². The number of anilines is 1. The Bertz CT molecular complexity index is 664. The van der Waals surface area contributed by atoms with Gasteiger partial charge in [0.1, 0.15) is 5.82 Å². The van der Waals surface area contributed by atoms with E-state index in [2.05, 4.69) is 29.1 Å². The highest BCUT2D eigenvalue weighted by Crippen LogP contribution is 2.25. The quantitative estimate of drug-likeness (QED) is 0.788. The van der Waals surface area contributed by atoms with E-state index in [4.69, 9.17) is 0 Å². The molecule has 0 aromatic carbocycles. The summed E-state index contributed by atoms with van der Waals surface area (Å²) < 4.78 is 0. The van der Waals surface area contributed by atoms with Crippen LogP contribution < -0.4 is 5.32 Å². The molecule has 2 aromatic heterocycles. The lowest BCUT2D eigenvalue weighted by Crippen LogP contribution is -2.36. The van der Waals surface area contributed by atoms with E-state index in [1.807, 2.05) is 36.3 Å². The largest absolute Gasteiger partial charge is 0.361 e. The molecule has 0 fully saturated rings. The van der Waals surface area contributed by atoms with E-state index in [9.17, 15) is 4.79 Å². The van der Waals surface area contributed by atoms with Crippen LogP contribution in [0.5, 0.6) is 0 Å². The van der Waals surface area contributed by atoms with Crippen molar-refractivity contribution in [3.8, 4) is 10.7 Å². The van der Waals surface area contributed by atoms with Gasteiger partial charge in [0, 0.05) is 24.3 Å². The van der Waals surface area contributed by atoms with Crippen molar-refractivity contribution in [2.24, 2.45) is 0 Å². The van der Waals surface area contributed by atoms with Crippen molar-refractivity contribution in [2.75, 3.05) is 25.0 Å². The van der Waals surface area contributed by atoms with Crippen molar-refractivity contribution in [3.63, 3.8) is 0 Å². The van der Waals surface area contributed by atoms with Gasteiger partial charge in [-0.2, -0.15) is 0 Å². The van der Waals surface area contributed by atoms with E-state index in [0.717, 1.165) is 47.9 Å². The minimum atomic E-state index is 0.118. The molecule has 0 bridgehead atoms. The molecule has 6 heteroatoms. The lowest BCUT2D eigenvalue weighted by molar-refractivity contribution is -0.129. The molecule has 1 N–H and O–H groups in total. The number of hydrogen-bond acceptors (Lipinski definition) is 5. The maximum atomic E-state index is 12.4. The molecule has 0 spiro atoms. The Labute approximate surface area is 148 Å². The van der Waals surface area contributed by atoms with Crippen LogP contribution in [0, 0.1) is 13.8 Å². The van der Waals surface area contributed by atoms with Gasteiger partial charge in [0.25, 0.3) is 0 Å². The van der Waals surface area contributed by atoms with Gasteiger partial charge in [0.15, 0.2) is 5.82 Å². The van der Waals surface area contributed by atoms with Crippen LogP contribution in [0.15, 0.2) is 17.5 Å². The standard InChI is InChI=1S/C18H26N4OS/c1-5-9-22(10-6-2)16(23)12-19-17-13(3)14(4)20-18(21-17)15-8-7-11-24-15/h7-8,11H,5-6,9-10,12H2,1-4H3,(H,19,20,21). The summed E-state index contributed by atoms with van der Waals surface area (Å²) in [5.41, 5.74) is 1.92. The number of carbonyl (C=O) groups is 1. The van der Waals surface area contributed by atoms with Gasteiger partial charge in [0.2, 0.25) is 5.91 Å². The van der Waals surface area contributed by atoms with Crippen molar-refractivity contribution >= 4 is 23.1 Å². The molecule has 2 heterocycles. The first-order chi connectivity index (χ1) is 11.6. The number of aromatic nitrogens is 2. The Morgan fingerprint density at radius 3 is 2.50 bits per heavy atom. The zero-order valence-corrected chi connectivity index (χ0v) is 15.7. The molecule has 0 atom stereocenters. The topological polar surface area (TPSA) is 58.1 Å². The van der Waals surface area contributed by atoms with Crippen LogP contribution in [0.4, 0.5) is 5.82 Å². The second-order valence-electron chi connectivity index (χ2n) is 5.82. The van der Waals surface area contributed by atoms with Gasteiger partial charge in [-0.1, -0.05) is 19.9 Å². The molecular formula is C18H26N4OS. The first-order valence-electron chi connectivity index (χ1n) is 8.47. The van der Waals surface area contributed by atoms with E-state index >= 15 is 0 Å². The third kappa shape index (κ3) is 4.54. The smallest absolute Gasteiger partial charge is 0.241 e. The Morgan fingerprint density at radius 1 is 1.21 bits per heavy atom. The van der Waals surface area contributed by atoms with Crippen LogP contribution in [0.3, 0.4) is 0 Å². The van der Waals surface area contributed by atoms with E-state index in [1.165, 1.54) is 0 Å². The van der Waals surface area contributed by atoms with Gasteiger partial charge in [-0.3, -0.25) is 4.79 Å².